The second kappa shape index (κ2) is 9.60. The molecule has 0 aromatic heterocycles. The van der Waals surface area contributed by atoms with Gasteiger partial charge in [-0.2, -0.15) is 0 Å². The highest BCUT2D eigenvalue weighted by atomic mass is 16.6. The van der Waals surface area contributed by atoms with Crippen molar-refractivity contribution in [3.05, 3.63) is 89.5 Å². The molecular formula is C24H22O6. The van der Waals surface area contributed by atoms with Gasteiger partial charge in [0.1, 0.15) is 5.56 Å². The Morgan fingerprint density at radius 3 is 1.87 bits per heavy atom. The molecule has 0 fully saturated rings. The van der Waals surface area contributed by atoms with Crippen LogP contribution in [0.3, 0.4) is 0 Å². The van der Waals surface area contributed by atoms with Gasteiger partial charge in [0.2, 0.25) is 11.5 Å². The van der Waals surface area contributed by atoms with E-state index in [2.05, 4.69) is 0 Å². The molecular weight excluding hydrogens is 384 g/mol. The number of esters is 1. The van der Waals surface area contributed by atoms with Crippen LogP contribution in [0.25, 0.3) is 0 Å². The van der Waals surface area contributed by atoms with Gasteiger partial charge in [-0.05, 0) is 12.1 Å². The monoisotopic (exact) mass is 406 g/mol. The SMILES string of the molecule is COc1ccc(C(=O)O[C@@H](C(=O)c2ccccc2)c2ccccc2)c(OC)c1OC. The van der Waals surface area contributed by atoms with Gasteiger partial charge in [-0.1, -0.05) is 60.7 Å². The fourth-order valence-corrected chi connectivity index (χ4v) is 3.09. The second-order valence-electron chi connectivity index (χ2n) is 6.31. The molecule has 1 atom stereocenters. The molecule has 0 saturated carbocycles. The molecule has 0 bridgehead atoms. The van der Waals surface area contributed by atoms with Crippen LogP contribution in [0, 0.1) is 0 Å². The highest BCUT2D eigenvalue weighted by Gasteiger charge is 2.29. The van der Waals surface area contributed by atoms with E-state index in [1.54, 1.807) is 54.6 Å². The van der Waals surface area contributed by atoms with Gasteiger partial charge < -0.3 is 18.9 Å². The van der Waals surface area contributed by atoms with Crippen molar-refractivity contribution in [2.75, 3.05) is 21.3 Å². The molecule has 0 aliphatic carbocycles. The van der Waals surface area contributed by atoms with Crippen molar-refractivity contribution >= 4 is 11.8 Å². The van der Waals surface area contributed by atoms with Crippen molar-refractivity contribution in [1.29, 1.82) is 0 Å². The van der Waals surface area contributed by atoms with Crippen LogP contribution in [-0.4, -0.2) is 33.1 Å². The standard InChI is InChI=1S/C24H22O6/c1-27-19-15-14-18(22(28-2)23(19)29-3)24(26)30-21(17-12-8-5-9-13-17)20(25)16-10-6-4-7-11-16/h4-15,21H,1-3H3/t21-/m1/s1. The molecule has 0 unspecified atom stereocenters. The van der Waals surface area contributed by atoms with E-state index >= 15 is 0 Å². The van der Waals surface area contributed by atoms with E-state index < -0.39 is 12.1 Å². The van der Waals surface area contributed by atoms with E-state index in [9.17, 15) is 9.59 Å². The van der Waals surface area contributed by atoms with Gasteiger partial charge in [-0.3, -0.25) is 4.79 Å². The number of carbonyl (C=O) groups excluding carboxylic acids is 2. The number of hydrogen-bond acceptors (Lipinski definition) is 6. The molecule has 30 heavy (non-hydrogen) atoms. The molecule has 6 nitrogen and oxygen atoms in total. The van der Waals surface area contributed by atoms with E-state index in [0.717, 1.165) is 0 Å². The second-order valence-corrected chi connectivity index (χ2v) is 6.31. The Morgan fingerprint density at radius 1 is 0.700 bits per heavy atom. The molecule has 0 saturated heterocycles. The van der Waals surface area contributed by atoms with Gasteiger partial charge in [0.05, 0.1) is 21.3 Å². The Hall–Kier alpha value is -3.80. The summed E-state index contributed by atoms with van der Waals surface area (Å²) in [5.74, 6) is -0.202. The molecule has 3 aromatic carbocycles. The number of ketones is 1. The average molecular weight is 406 g/mol. The Bertz CT molecular complexity index is 1010. The first-order valence-electron chi connectivity index (χ1n) is 9.24. The van der Waals surface area contributed by atoms with Gasteiger partial charge in [0.25, 0.3) is 0 Å². The first-order chi connectivity index (χ1) is 14.6. The lowest BCUT2D eigenvalue weighted by atomic mass is 9.99. The highest BCUT2D eigenvalue weighted by molar-refractivity contribution is 6.02. The molecule has 3 aromatic rings. The largest absolute Gasteiger partial charge is 0.493 e. The summed E-state index contributed by atoms with van der Waals surface area (Å²) in [7, 11) is 4.35. The molecule has 6 heteroatoms. The van der Waals surface area contributed by atoms with Crippen molar-refractivity contribution in [3.8, 4) is 17.2 Å². The molecule has 0 aliphatic rings. The third kappa shape index (κ3) is 4.27. The van der Waals surface area contributed by atoms with Crippen LogP contribution in [0.4, 0.5) is 0 Å². The van der Waals surface area contributed by atoms with E-state index in [-0.39, 0.29) is 22.8 Å². The first-order valence-corrected chi connectivity index (χ1v) is 9.24. The lowest BCUT2D eigenvalue weighted by Crippen LogP contribution is -2.21. The van der Waals surface area contributed by atoms with Crippen LogP contribution in [0.1, 0.15) is 32.4 Å². The number of hydrogen-bond donors (Lipinski definition) is 0. The fourth-order valence-electron chi connectivity index (χ4n) is 3.09. The van der Waals surface area contributed by atoms with Crippen molar-refractivity contribution < 1.29 is 28.5 Å². The molecule has 0 heterocycles. The van der Waals surface area contributed by atoms with Crippen LogP contribution in [-0.2, 0) is 4.74 Å². The van der Waals surface area contributed by atoms with Gasteiger partial charge in [-0.25, -0.2) is 4.79 Å². The number of Topliss-reactive ketones (excluding diaryl/α,β-unsaturated/α-hetero) is 1. The zero-order valence-corrected chi connectivity index (χ0v) is 17.0. The average Bonchev–Trinajstić information content (AvgIpc) is 2.81. The summed E-state index contributed by atoms with van der Waals surface area (Å²) in [5.41, 5.74) is 1.13. The fraction of sp³-hybridized carbons (Fsp3) is 0.167. The predicted molar refractivity (Wildman–Crippen MR) is 111 cm³/mol. The molecule has 3 rings (SSSR count). The summed E-state index contributed by atoms with van der Waals surface area (Å²) in [5, 5.41) is 0. The van der Waals surface area contributed by atoms with Crippen LogP contribution >= 0.6 is 0 Å². The third-order valence-electron chi connectivity index (χ3n) is 4.55. The maximum atomic E-state index is 13.1. The minimum absolute atomic E-state index is 0.122. The van der Waals surface area contributed by atoms with E-state index in [0.29, 0.717) is 16.9 Å². The van der Waals surface area contributed by atoms with Crippen molar-refractivity contribution in [2.24, 2.45) is 0 Å². The molecule has 154 valence electrons. The highest BCUT2D eigenvalue weighted by Crippen LogP contribution is 2.40. The molecule has 0 amide bonds. The number of benzene rings is 3. The minimum Gasteiger partial charge on any atom is -0.493 e. The van der Waals surface area contributed by atoms with Crippen LogP contribution in [0.5, 0.6) is 17.2 Å². The van der Waals surface area contributed by atoms with Gasteiger partial charge in [-0.15, -0.1) is 0 Å². The van der Waals surface area contributed by atoms with E-state index in [4.69, 9.17) is 18.9 Å². The number of methoxy groups -OCH3 is 3. The maximum Gasteiger partial charge on any atom is 0.343 e. The van der Waals surface area contributed by atoms with Gasteiger partial charge >= 0.3 is 5.97 Å². The summed E-state index contributed by atoms with van der Waals surface area (Å²) in [6, 6.07) is 20.7. The number of rotatable bonds is 8. The van der Waals surface area contributed by atoms with E-state index in [1.807, 2.05) is 12.1 Å². The molecule has 0 radical (unpaired) electrons. The summed E-state index contributed by atoms with van der Waals surface area (Å²) < 4.78 is 21.6. The van der Waals surface area contributed by atoms with Crippen LogP contribution in [0.2, 0.25) is 0 Å². The maximum absolute atomic E-state index is 13.1. The molecule has 0 spiro atoms. The smallest absolute Gasteiger partial charge is 0.343 e. The molecule has 0 aliphatic heterocycles. The quantitative estimate of drug-likeness (QED) is 0.405. The lowest BCUT2D eigenvalue weighted by Gasteiger charge is -2.19. The van der Waals surface area contributed by atoms with Crippen molar-refractivity contribution in [2.45, 2.75) is 6.10 Å². The Balaban J connectivity index is 1.99. The molecule has 0 N–H and O–H groups in total. The van der Waals surface area contributed by atoms with Gasteiger partial charge in [0.15, 0.2) is 17.6 Å². The first kappa shape index (κ1) is 20.9. The topological polar surface area (TPSA) is 71.1 Å². The van der Waals surface area contributed by atoms with Crippen molar-refractivity contribution in [3.63, 3.8) is 0 Å². The Labute approximate surface area is 175 Å². The zero-order chi connectivity index (χ0) is 21.5. The number of carbonyl (C=O) groups is 2. The summed E-state index contributed by atoms with van der Waals surface area (Å²) in [4.78, 5) is 26.2. The van der Waals surface area contributed by atoms with Crippen molar-refractivity contribution in [1.82, 2.24) is 0 Å². The summed E-state index contributed by atoms with van der Waals surface area (Å²) in [6.07, 6.45) is -1.11. The van der Waals surface area contributed by atoms with Crippen LogP contribution in [0.15, 0.2) is 72.8 Å². The Kier molecular flexibility index (Phi) is 6.70. The lowest BCUT2D eigenvalue weighted by molar-refractivity contribution is 0.0276. The summed E-state index contributed by atoms with van der Waals surface area (Å²) >= 11 is 0. The number of ether oxygens (including phenoxy) is 4. The third-order valence-corrected chi connectivity index (χ3v) is 4.55. The van der Waals surface area contributed by atoms with E-state index in [1.165, 1.54) is 27.4 Å². The Morgan fingerprint density at radius 2 is 1.30 bits per heavy atom. The summed E-state index contributed by atoms with van der Waals surface area (Å²) in [6.45, 7) is 0. The minimum atomic E-state index is -1.11. The van der Waals surface area contributed by atoms with Crippen LogP contribution < -0.4 is 14.2 Å². The van der Waals surface area contributed by atoms with Gasteiger partial charge in [0, 0.05) is 11.1 Å². The normalized spacial score (nSPS) is 11.3. The zero-order valence-electron chi connectivity index (χ0n) is 17.0. The predicted octanol–water partition coefficient (Wildman–Crippen LogP) is 4.49.